The van der Waals surface area contributed by atoms with Gasteiger partial charge in [0.25, 0.3) is 0 Å². The molecule has 0 aliphatic carbocycles. The first kappa shape index (κ1) is 9.75. The normalized spacial score (nSPS) is 11.5. The predicted molar refractivity (Wildman–Crippen MR) is 55.5 cm³/mol. The van der Waals surface area contributed by atoms with E-state index in [9.17, 15) is 0 Å². The van der Waals surface area contributed by atoms with Crippen LogP contribution in [0.15, 0.2) is 54.6 Å². The van der Waals surface area contributed by atoms with E-state index >= 15 is 0 Å². The first-order valence-corrected chi connectivity index (χ1v) is 4.40. The van der Waals surface area contributed by atoms with Crippen molar-refractivity contribution in [2.24, 2.45) is 0 Å². The maximum atomic E-state index is 8.46. The molecule has 0 aliphatic rings. The molecular weight excluding hydrogens is 160 g/mol. The monoisotopic (exact) mass is 174 g/mol. The van der Waals surface area contributed by atoms with Gasteiger partial charge >= 0.3 is 0 Å². The average molecular weight is 174 g/mol. The smallest absolute Gasteiger partial charge is 0.0615 e. The summed E-state index contributed by atoms with van der Waals surface area (Å²) in [6, 6.07) is 10.3. The van der Waals surface area contributed by atoms with E-state index in [-0.39, 0.29) is 6.61 Å². The lowest BCUT2D eigenvalue weighted by atomic mass is 10.1. The summed E-state index contributed by atoms with van der Waals surface area (Å²) in [4.78, 5) is 0. The lowest BCUT2D eigenvalue weighted by molar-refractivity contribution is 0.343. The van der Waals surface area contributed by atoms with E-state index in [1.807, 2.05) is 30.4 Å². The number of hydrogen-bond acceptors (Lipinski definition) is 1. The van der Waals surface area contributed by atoms with Gasteiger partial charge in [0.2, 0.25) is 0 Å². The van der Waals surface area contributed by atoms with E-state index < -0.39 is 0 Å². The summed E-state index contributed by atoms with van der Waals surface area (Å²) >= 11 is 0. The Labute approximate surface area is 79.0 Å². The van der Waals surface area contributed by atoms with Crippen LogP contribution in [-0.4, -0.2) is 11.7 Å². The van der Waals surface area contributed by atoms with Gasteiger partial charge in [0.1, 0.15) is 0 Å². The summed E-state index contributed by atoms with van der Waals surface area (Å²) in [5.41, 5.74) is 1.30. The fraction of sp³-hybridized carbons (Fsp3) is 0.167. The third-order valence-electron chi connectivity index (χ3n) is 1.69. The highest BCUT2D eigenvalue weighted by Crippen LogP contribution is 1.99. The second-order valence-electron chi connectivity index (χ2n) is 2.73. The highest BCUT2D eigenvalue weighted by Gasteiger charge is 1.83. The Hall–Kier alpha value is -1.34. The summed E-state index contributed by atoms with van der Waals surface area (Å²) < 4.78 is 0. The van der Waals surface area contributed by atoms with Crippen molar-refractivity contribution in [3.8, 4) is 0 Å². The molecule has 0 atom stereocenters. The predicted octanol–water partition coefficient (Wildman–Crippen LogP) is 2.33. The van der Waals surface area contributed by atoms with Gasteiger partial charge in [-0.25, -0.2) is 0 Å². The quantitative estimate of drug-likeness (QED) is 0.694. The molecule has 0 bridgehead atoms. The molecule has 0 radical (unpaired) electrons. The zero-order chi connectivity index (χ0) is 9.36. The van der Waals surface area contributed by atoms with Crippen molar-refractivity contribution in [1.82, 2.24) is 0 Å². The Morgan fingerprint density at radius 3 is 2.38 bits per heavy atom. The molecule has 13 heavy (non-hydrogen) atoms. The van der Waals surface area contributed by atoms with Crippen molar-refractivity contribution in [1.29, 1.82) is 0 Å². The minimum absolute atomic E-state index is 0.107. The molecule has 0 unspecified atom stereocenters. The van der Waals surface area contributed by atoms with Gasteiger partial charge in [0, 0.05) is 0 Å². The van der Waals surface area contributed by atoms with E-state index in [2.05, 4.69) is 18.2 Å². The molecule has 0 spiro atoms. The minimum Gasteiger partial charge on any atom is -0.392 e. The van der Waals surface area contributed by atoms with Gasteiger partial charge in [-0.3, -0.25) is 0 Å². The number of hydrogen-bond donors (Lipinski definition) is 1. The van der Waals surface area contributed by atoms with Gasteiger partial charge in [-0.1, -0.05) is 54.6 Å². The lowest BCUT2D eigenvalue weighted by Gasteiger charge is -1.92. The van der Waals surface area contributed by atoms with Crippen molar-refractivity contribution in [2.45, 2.75) is 6.42 Å². The van der Waals surface area contributed by atoms with Crippen molar-refractivity contribution in [2.75, 3.05) is 6.61 Å². The first-order chi connectivity index (χ1) is 6.43. The molecule has 0 saturated carbocycles. The summed E-state index contributed by atoms with van der Waals surface area (Å²) in [6.45, 7) is 0.107. The molecule has 1 aromatic rings. The third kappa shape index (κ3) is 4.28. The van der Waals surface area contributed by atoms with E-state index in [4.69, 9.17) is 5.11 Å². The van der Waals surface area contributed by atoms with Crippen LogP contribution in [0.25, 0.3) is 0 Å². The first-order valence-electron chi connectivity index (χ1n) is 4.40. The largest absolute Gasteiger partial charge is 0.392 e. The maximum Gasteiger partial charge on any atom is 0.0615 e. The average Bonchev–Trinajstić information content (AvgIpc) is 2.19. The number of rotatable bonds is 4. The Morgan fingerprint density at radius 2 is 1.69 bits per heavy atom. The van der Waals surface area contributed by atoms with Gasteiger partial charge in [-0.05, 0) is 12.0 Å². The Bertz CT molecular complexity index is 272. The van der Waals surface area contributed by atoms with Gasteiger partial charge in [0.05, 0.1) is 6.61 Å². The molecule has 0 saturated heterocycles. The number of benzene rings is 1. The van der Waals surface area contributed by atoms with Crippen LogP contribution in [0.1, 0.15) is 5.56 Å². The highest BCUT2D eigenvalue weighted by molar-refractivity contribution is 5.18. The van der Waals surface area contributed by atoms with E-state index in [0.717, 1.165) is 6.42 Å². The molecule has 68 valence electrons. The van der Waals surface area contributed by atoms with E-state index in [1.165, 1.54) is 5.56 Å². The van der Waals surface area contributed by atoms with Gasteiger partial charge < -0.3 is 5.11 Å². The topological polar surface area (TPSA) is 20.2 Å². The van der Waals surface area contributed by atoms with Crippen LogP contribution in [0.2, 0.25) is 0 Å². The number of aliphatic hydroxyl groups is 1. The van der Waals surface area contributed by atoms with Crippen LogP contribution in [0.3, 0.4) is 0 Å². The highest BCUT2D eigenvalue weighted by atomic mass is 16.2. The Balaban J connectivity index is 2.35. The molecule has 1 nitrogen and oxygen atoms in total. The van der Waals surface area contributed by atoms with Crippen molar-refractivity contribution >= 4 is 0 Å². The molecule has 1 N–H and O–H groups in total. The number of aliphatic hydroxyl groups excluding tert-OH is 1. The van der Waals surface area contributed by atoms with Gasteiger partial charge in [-0.15, -0.1) is 0 Å². The van der Waals surface area contributed by atoms with Crippen LogP contribution in [0.4, 0.5) is 0 Å². The van der Waals surface area contributed by atoms with E-state index in [0.29, 0.717) is 0 Å². The fourth-order valence-corrected chi connectivity index (χ4v) is 1.04. The molecule has 0 fully saturated rings. The second kappa shape index (κ2) is 6.21. The zero-order valence-electron chi connectivity index (χ0n) is 7.56. The fourth-order valence-electron chi connectivity index (χ4n) is 1.04. The van der Waals surface area contributed by atoms with Gasteiger partial charge in [-0.2, -0.15) is 0 Å². The molecule has 1 heteroatoms. The second-order valence-corrected chi connectivity index (χ2v) is 2.73. The SMILES string of the molecule is OC/C=C/C=C/Cc1ccccc1. The Morgan fingerprint density at radius 1 is 1.00 bits per heavy atom. The maximum absolute atomic E-state index is 8.46. The van der Waals surface area contributed by atoms with Crippen LogP contribution in [-0.2, 0) is 6.42 Å². The van der Waals surface area contributed by atoms with Crippen LogP contribution < -0.4 is 0 Å². The molecular formula is C12H14O. The summed E-state index contributed by atoms with van der Waals surface area (Å²) in [6.07, 6.45) is 8.52. The summed E-state index contributed by atoms with van der Waals surface area (Å²) in [5.74, 6) is 0. The van der Waals surface area contributed by atoms with E-state index in [1.54, 1.807) is 6.08 Å². The molecule has 1 rings (SSSR count). The third-order valence-corrected chi connectivity index (χ3v) is 1.69. The minimum atomic E-state index is 0.107. The molecule has 0 heterocycles. The molecule has 1 aromatic carbocycles. The van der Waals surface area contributed by atoms with Crippen LogP contribution >= 0.6 is 0 Å². The summed E-state index contributed by atoms with van der Waals surface area (Å²) in [5, 5.41) is 8.46. The molecule has 0 aromatic heterocycles. The lowest BCUT2D eigenvalue weighted by Crippen LogP contribution is -1.77. The van der Waals surface area contributed by atoms with Crippen molar-refractivity contribution in [3.63, 3.8) is 0 Å². The molecule has 0 aliphatic heterocycles. The summed E-state index contributed by atoms with van der Waals surface area (Å²) in [7, 11) is 0. The van der Waals surface area contributed by atoms with Gasteiger partial charge in [0.15, 0.2) is 0 Å². The van der Waals surface area contributed by atoms with Crippen LogP contribution in [0.5, 0.6) is 0 Å². The van der Waals surface area contributed by atoms with Crippen LogP contribution in [0, 0.1) is 0 Å². The number of allylic oxidation sites excluding steroid dienone is 3. The Kier molecular flexibility index (Phi) is 4.65. The van der Waals surface area contributed by atoms with Crippen molar-refractivity contribution in [3.05, 3.63) is 60.2 Å². The molecule has 0 amide bonds. The van der Waals surface area contributed by atoms with Crippen molar-refractivity contribution < 1.29 is 5.11 Å². The standard InChI is InChI=1S/C12H14O/c13-11-7-2-1-4-8-12-9-5-3-6-10-12/h1-7,9-10,13H,8,11H2/b4-1+,7-2+. The zero-order valence-corrected chi connectivity index (χ0v) is 7.56.